The zero-order valence-corrected chi connectivity index (χ0v) is 17.6. The fourth-order valence-electron chi connectivity index (χ4n) is 3.29. The molecule has 7 heteroatoms. The number of hydrogen-bond donors (Lipinski definition) is 1. The topological polar surface area (TPSA) is 93.8 Å². The van der Waals surface area contributed by atoms with Gasteiger partial charge in [0.1, 0.15) is 5.75 Å². The number of nitrogens with zero attached hydrogens (tertiary/aromatic N) is 2. The Labute approximate surface area is 181 Å². The van der Waals surface area contributed by atoms with Crippen LogP contribution in [0.3, 0.4) is 0 Å². The highest BCUT2D eigenvalue weighted by molar-refractivity contribution is 6.01. The van der Waals surface area contributed by atoms with Gasteiger partial charge in [0.25, 0.3) is 11.6 Å². The average molecular weight is 419 g/mol. The first-order valence-electron chi connectivity index (χ1n) is 10.00. The molecule has 0 heterocycles. The first-order chi connectivity index (χ1) is 14.8. The zero-order chi connectivity index (χ0) is 22.4. The van der Waals surface area contributed by atoms with Gasteiger partial charge in [-0.3, -0.25) is 14.9 Å². The molecule has 1 aliphatic rings. The largest absolute Gasteiger partial charge is 0.476 e. The molecule has 0 aliphatic heterocycles. The van der Waals surface area contributed by atoms with Gasteiger partial charge in [-0.1, -0.05) is 48.6 Å². The maximum atomic E-state index is 13.0. The normalized spacial score (nSPS) is 18.1. The van der Waals surface area contributed by atoms with E-state index in [0.717, 1.165) is 29.7 Å². The number of carbonyl (C=O) groups is 1. The molecule has 2 atom stereocenters. The quantitative estimate of drug-likeness (QED) is 0.383. The minimum atomic E-state index is -0.961. The van der Waals surface area contributed by atoms with E-state index in [-0.39, 0.29) is 5.69 Å². The van der Waals surface area contributed by atoms with Crippen LogP contribution in [0.2, 0.25) is 0 Å². The first-order valence-corrected chi connectivity index (χ1v) is 10.00. The minimum Gasteiger partial charge on any atom is -0.476 e. The van der Waals surface area contributed by atoms with E-state index in [2.05, 4.69) is 23.2 Å². The number of allylic oxidation sites excluding steroid dienone is 3. The van der Waals surface area contributed by atoms with Gasteiger partial charge in [0.15, 0.2) is 0 Å². The molecule has 3 rings (SSSR count). The Morgan fingerprint density at radius 3 is 2.52 bits per heavy atom. The Bertz CT molecular complexity index is 1030. The van der Waals surface area contributed by atoms with Gasteiger partial charge in [0.2, 0.25) is 6.10 Å². The van der Waals surface area contributed by atoms with Crippen LogP contribution < -0.4 is 10.2 Å². The minimum absolute atomic E-state index is 0.0499. The van der Waals surface area contributed by atoms with Crippen molar-refractivity contribution in [1.29, 1.82) is 0 Å². The number of hydrazone groups is 1. The van der Waals surface area contributed by atoms with E-state index in [0.29, 0.717) is 17.2 Å². The molecular formula is C24H25N3O4. The summed E-state index contributed by atoms with van der Waals surface area (Å²) >= 11 is 0. The molecule has 0 saturated carbocycles. The predicted octanol–water partition coefficient (Wildman–Crippen LogP) is 5.12. The highest BCUT2D eigenvalue weighted by Gasteiger charge is 2.24. The molecule has 7 nitrogen and oxygen atoms in total. The molecule has 1 amide bonds. The van der Waals surface area contributed by atoms with Gasteiger partial charge in [-0.2, -0.15) is 5.10 Å². The van der Waals surface area contributed by atoms with E-state index < -0.39 is 16.9 Å². The van der Waals surface area contributed by atoms with Crippen molar-refractivity contribution < 1.29 is 14.5 Å². The summed E-state index contributed by atoms with van der Waals surface area (Å²) in [5.41, 5.74) is 6.17. The summed E-state index contributed by atoms with van der Waals surface area (Å²) in [4.78, 5) is 23.4. The van der Waals surface area contributed by atoms with Crippen molar-refractivity contribution in [2.45, 2.75) is 32.8 Å². The van der Waals surface area contributed by atoms with Gasteiger partial charge < -0.3 is 4.74 Å². The van der Waals surface area contributed by atoms with Gasteiger partial charge >= 0.3 is 0 Å². The van der Waals surface area contributed by atoms with Gasteiger partial charge in [-0.05, 0) is 50.3 Å². The van der Waals surface area contributed by atoms with Crippen LogP contribution in [-0.2, 0) is 4.79 Å². The van der Waals surface area contributed by atoms with Crippen molar-refractivity contribution in [3.63, 3.8) is 0 Å². The molecule has 0 saturated heterocycles. The first kappa shape index (κ1) is 22.0. The van der Waals surface area contributed by atoms with E-state index >= 15 is 0 Å². The number of amides is 1. The Kier molecular flexibility index (Phi) is 6.97. The molecule has 2 unspecified atom stereocenters. The summed E-state index contributed by atoms with van der Waals surface area (Å²) in [5.74, 6) is 0.223. The summed E-state index contributed by atoms with van der Waals surface area (Å²) in [6, 6.07) is 14.7. The molecule has 0 bridgehead atoms. The van der Waals surface area contributed by atoms with Gasteiger partial charge in [0, 0.05) is 17.7 Å². The molecule has 160 valence electrons. The highest BCUT2D eigenvalue weighted by atomic mass is 16.6. The molecule has 0 fully saturated rings. The van der Waals surface area contributed by atoms with Crippen molar-refractivity contribution in [3.05, 3.63) is 94.1 Å². The van der Waals surface area contributed by atoms with Crippen LogP contribution in [0.4, 0.5) is 5.69 Å². The zero-order valence-electron chi connectivity index (χ0n) is 17.6. The van der Waals surface area contributed by atoms with Gasteiger partial charge in [-0.15, -0.1) is 0 Å². The SMILES string of the molecule is C=C(C)C1CC=C(C)/C(=N/NC(=O)C(Oc2ccc([N+](=O)[O-])cc2)c2ccccc2)C1. The molecular weight excluding hydrogens is 394 g/mol. The maximum absolute atomic E-state index is 13.0. The third kappa shape index (κ3) is 5.66. The lowest BCUT2D eigenvalue weighted by Crippen LogP contribution is -2.30. The number of non-ortho nitro benzene ring substituents is 1. The molecule has 1 N–H and O–H groups in total. The van der Waals surface area contributed by atoms with Crippen LogP contribution in [0.15, 0.2) is 83.5 Å². The summed E-state index contributed by atoms with van der Waals surface area (Å²) in [6.07, 6.45) is 2.79. The summed E-state index contributed by atoms with van der Waals surface area (Å²) in [6.45, 7) is 8.00. The van der Waals surface area contributed by atoms with Crippen LogP contribution in [0, 0.1) is 16.0 Å². The smallest absolute Gasteiger partial charge is 0.285 e. The molecule has 2 aromatic carbocycles. The number of ether oxygens (including phenoxy) is 1. The maximum Gasteiger partial charge on any atom is 0.285 e. The van der Waals surface area contributed by atoms with Crippen LogP contribution >= 0.6 is 0 Å². The number of rotatable bonds is 7. The van der Waals surface area contributed by atoms with Gasteiger partial charge in [0.05, 0.1) is 10.6 Å². The fourth-order valence-corrected chi connectivity index (χ4v) is 3.29. The van der Waals surface area contributed by atoms with Crippen LogP contribution in [0.5, 0.6) is 5.75 Å². The number of hydrogen-bond acceptors (Lipinski definition) is 5. The molecule has 0 spiro atoms. The summed E-state index contributed by atoms with van der Waals surface area (Å²) < 4.78 is 5.89. The summed E-state index contributed by atoms with van der Waals surface area (Å²) in [7, 11) is 0. The molecule has 1 aliphatic carbocycles. The van der Waals surface area contributed by atoms with E-state index in [9.17, 15) is 14.9 Å². The second-order valence-electron chi connectivity index (χ2n) is 7.56. The lowest BCUT2D eigenvalue weighted by molar-refractivity contribution is -0.384. The van der Waals surface area contributed by atoms with Crippen molar-refractivity contribution in [1.82, 2.24) is 5.43 Å². The van der Waals surface area contributed by atoms with Gasteiger partial charge in [-0.25, -0.2) is 5.43 Å². The Morgan fingerprint density at radius 1 is 1.23 bits per heavy atom. The van der Waals surface area contributed by atoms with E-state index in [4.69, 9.17) is 4.74 Å². The Morgan fingerprint density at radius 2 is 1.90 bits per heavy atom. The number of carbonyl (C=O) groups excluding carboxylic acids is 1. The molecule has 0 aromatic heterocycles. The standard InChI is InChI=1S/C24H25N3O4/c1-16(2)19-10-9-17(3)22(15-19)25-26-24(28)23(18-7-5-4-6-8-18)31-21-13-11-20(12-14-21)27(29)30/h4-9,11-14,19,23H,1,10,15H2,2-3H3,(H,26,28)/b25-22+. The second kappa shape index (κ2) is 9.84. The third-order valence-electron chi connectivity index (χ3n) is 5.24. The lowest BCUT2D eigenvalue weighted by atomic mass is 9.85. The van der Waals surface area contributed by atoms with Crippen molar-refractivity contribution >= 4 is 17.3 Å². The van der Waals surface area contributed by atoms with E-state index in [1.165, 1.54) is 24.3 Å². The lowest BCUT2D eigenvalue weighted by Gasteiger charge is -2.23. The number of benzene rings is 2. The summed E-state index contributed by atoms with van der Waals surface area (Å²) in [5, 5.41) is 15.2. The van der Waals surface area contributed by atoms with Crippen LogP contribution in [0.25, 0.3) is 0 Å². The molecule has 31 heavy (non-hydrogen) atoms. The van der Waals surface area contributed by atoms with Crippen molar-refractivity contribution in [3.8, 4) is 5.75 Å². The van der Waals surface area contributed by atoms with Crippen LogP contribution in [-0.4, -0.2) is 16.5 Å². The third-order valence-corrected chi connectivity index (χ3v) is 5.24. The number of nitro groups is 1. The van der Waals surface area contributed by atoms with Crippen molar-refractivity contribution in [2.75, 3.05) is 0 Å². The fraction of sp³-hybridized carbons (Fsp3) is 0.250. The predicted molar refractivity (Wildman–Crippen MR) is 120 cm³/mol. The van der Waals surface area contributed by atoms with E-state index in [1.54, 1.807) is 12.1 Å². The van der Waals surface area contributed by atoms with Crippen molar-refractivity contribution in [2.24, 2.45) is 11.0 Å². The molecule has 2 aromatic rings. The average Bonchev–Trinajstić information content (AvgIpc) is 2.77. The second-order valence-corrected chi connectivity index (χ2v) is 7.56. The Balaban J connectivity index is 1.80. The van der Waals surface area contributed by atoms with Crippen LogP contribution in [0.1, 0.15) is 38.4 Å². The number of nitrogens with one attached hydrogen (secondary N) is 1. The molecule has 0 radical (unpaired) electrons. The number of nitro benzene ring substituents is 1. The monoisotopic (exact) mass is 419 g/mol. The Hall–Kier alpha value is -3.74. The highest BCUT2D eigenvalue weighted by Crippen LogP contribution is 2.27. The van der Waals surface area contributed by atoms with E-state index in [1.807, 2.05) is 32.0 Å².